The van der Waals surface area contributed by atoms with E-state index in [-0.39, 0.29) is 11.6 Å². The highest BCUT2D eigenvalue weighted by Gasteiger charge is 2.26. The van der Waals surface area contributed by atoms with E-state index in [4.69, 9.17) is 5.73 Å². The molecule has 1 aromatic rings. The molecule has 1 aliphatic heterocycles. The van der Waals surface area contributed by atoms with Gasteiger partial charge in [-0.2, -0.15) is 5.10 Å². The van der Waals surface area contributed by atoms with Crippen LogP contribution < -0.4 is 16.2 Å². The maximum atomic E-state index is 12.4. The number of hydrogen-bond acceptors (Lipinski definition) is 4. The third-order valence-corrected chi connectivity index (χ3v) is 5.46. The van der Waals surface area contributed by atoms with Crippen molar-refractivity contribution in [3.05, 3.63) is 21.0 Å². The Morgan fingerprint density at radius 3 is 2.62 bits per heavy atom. The average molecular weight is 355 g/mol. The minimum absolute atomic E-state index is 0.00582. The normalized spacial score (nSPS) is 21.6. The van der Waals surface area contributed by atoms with Crippen molar-refractivity contribution in [1.29, 1.82) is 0 Å². The van der Waals surface area contributed by atoms with Crippen LogP contribution in [0.1, 0.15) is 32.6 Å². The molecule has 1 atom stereocenters. The minimum Gasteiger partial charge on any atom is -0.369 e. The molecule has 0 bridgehead atoms. The van der Waals surface area contributed by atoms with Crippen LogP contribution in [0.4, 0.5) is 5.69 Å². The van der Waals surface area contributed by atoms with Gasteiger partial charge in [-0.05, 0) is 60.4 Å². The summed E-state index contributed by atoms with van der Waals surface area (Å²) in [7, 11) is 0. The van der Waals surface area contributed by atoms with Crippen LogP contribution in [0.15, 0.2) is 15.5 Å². The van der Waals surface area contributed by atoms with Gasteiger partial charge >= 0.3 is 0 Å². The van der Waals surface area contributed by atoms with Gasteiger partial charge in [-0.25, -0.2) is 4.68 Å². The van der Waals surface area contributed by atoms with Crippen molar-refractivity contribution in [2.24, 2.45) is 17.6 Å². The first-order valence-electron chi connectivity index (χ1n) is 7.82. The van der Waals surface area contributed by atoms with E-state index in [1.807, 2.05) is 6.20 Å². The first-order chi connectivity index (χ1) is 10.1. The summed E-state index contributed by atoms with van der Waals surface area (Å²) in [4.78, 5) is 14.6. The van der Waals surface area contributed by atoms with Crippen molar-refractivity contribution in [2.75, 3.05) is 18.0 Å². The van der Waals surface area contributed by atoms with Gasteiger partial charge in [0.25, 0.3) is 5.56 Å². The van der Waals surface area contributed by atoms with Crippen molar-refractivity contribution in [1.82, 2.24) is 9.78 Å². The van der Waals surface area contributed by atoms with Gasteiger partial charge in [-0.3, -0.25) is 4.79 Å². The van der Waals surface area contributed by atoms with Gasteiger partial charge in [-0.1, -0.05) is 0 Å². The summed E-state index contributed by atoms with van der Waals surface area (Å²) in [5.74, 6) is 1.23. The van der Waals surface area contributed by atoms with Crippen LogP contribution in [0.5, 0.6) is 0 Å². The highest BCUT2D eigenvalue weighted by Crippen LogP contribution is 2.31. The second kappa shape index (κ2) is 6.08. The number of anilines is 1. The van der Waals surface area contributed by atoms with E-state index < -0.39 is 0 Å². The molecule has 21 heavy (non-hydrogen) atoms. The Labute approximate surface area is 133 Å². The monoisotopic (exact) mass is 354 g/mol. The van der Waals surface area contributed by atoms with Crippen LogP contribution in [-0.4, -0.2) is 28.9 Å². The number of nitrogens with two attached hydrogens (primary N) is 1. The van der Waals surface area contributed by atoms with E-state index in [2.05, 4.69) is 32.9 Å². The van der Waals surface area contributed by atoms with E-state index in [1.165, 1.54) is 12.8 Å². The molecule has 0 radical (unpaired) electrons. The molecule has 2 fully saturated rings. The van der Waals surface area contributed by atoms with Crippen molar-refractivity contribution in [3.8, 4) is 0 Å². The second-order valence-corrected chi connectivity index (χ2v) is 7.25. The topological polar surface area (TPSA) is 64.2 Å². The first-order valence-corrected chi connectivity index (χ1v) is 8.61. The molecule has 1 aliphatic carbocycles. The first kappa shape index (κ1) is 15.0. The highest BCUT2D eigenvalue weighted by atomic mass is 79.9. The average Bonchev–Trinajstić information content (AvgIpc) is 3.28. The quantitative estimate of drug-likeness (QED) is 0.897. The predicted octanol–water partition coefficient (Wildman–Crippen LogP) is 1.98. The molecule has 116 valence electrons. The fourth-order valence-electron chi connectivity index (χ4n) is 3.02. The molecule has 1 saturated heterocycles. The van der Waals surface area contributed by atoms with E-state index in [0.29, 0.717) is 16.3 Å². The molecule has 0 amide bonds. The number of piperidine rings is 1. The number of rotatable bonds is 4. The van der Waals surface area contributed by atoms with Crippen LogP contribution in [0.2, 0.25) is 0 Å². The van der Waals surface area contributed by atoms with Gasteiger partial charge in [0.05, 0.1) is 11.9 Å². The molecule has 1 unspecified atom stereocenters. The highest BCUT2D eigenvalue weighted by molar-refractivity contribution is 9.10. The molecule has 2 N–H and O–H groups in total. The summed E-state index contributed by atoms with van der Waals surface area (Å²) >= 11 is 3.48. The number of aromatic nitrogens is 2. The number of nitrogens with zero attached hydrogens (tertiary/aromatic N) is 3. The standard InChI is InChI=1S/C15H23BrN4O/c1-10(17)12-4-6-19(7-5-12)13-8-18-20(9-11-2-3-11)15(21)14(13)16/h8,10-12H,2-7,9,17H2,1H3. The second-order valence-electron chi connectivity index (χ2n) is 6.46. The molecular weight excluding hydrogens is 332 g/mol. The molecule has 1 aromatic heterocycles. The van der Waals surface area contributed by atoms with Gasteiger partial charge in [0.1, 0.15) is 4.47 Å². The van der Waals surface area contributed by atoms with E-state index in [9.17, 15) is 4.79 Å². The SMILES string of the molecule is CC(N)C1CCN(c2cnn(CC3CC3)c(=O)c2Br)CC1. The van der Waals surface area contributed by atoms with Crippen LogP contribution in [0.25, 0.3) is 0 Å². The van der Waals surface area contributed by atoms with Crippen molar-refractivity contribution in [3.63, 3.8) is 0 Å². The van der Waals surface area contributed by atoms with Crippen LogP contribution in [0.3, 0.4) is 0 Å². The molecule has 1 saturated carbocycles. The maximum Gasteiger partial charge on any atom is 0.283 e. The van der Waals surface area contributed by atoms with Crippen molar-refractivity contribution < 1.29 is 0 Å². The van der Waals surface area contributed by atoms with E-state index in [0.717, 1.165) is 38.2 Å². The molecule has 2 heterocycles. The van der Waals surface area contributed by atoms with E-state index in [1.54, 1.807) is 4.68 Å². The van der Waals surface area contributed by atoms with Gasteiger partial charge < -0.3 is 10.6 Å². The zero-order valence-electron chi connectivity index (χ0n) is 12.5. The van der Waals surface area contributed by atoms with Crippen molar-refractivity contribution >= 4 is 21.6 Å². The van der Waals surface area contributed by atoms with Gasteiger partial charge in [-0.15, -0.1) is 0 Å². The molecular formula is C15H23BrN4O. The Morgan fingerprint density at radius 1 is 1.38 bits per heavy atom. The Kier molecular flexibility index (Phi) is 4.36. The smallest absolute Gasteiger partial charge is 0.283 e. The van der Waals surface area contributed by atoms with Crippen LogP contribution in [-0.2, 0) is 6.54 Å². The molecule has 6 heteroatoms. The lowest BCUT2D eigenvalue weighted by molar-refractivity contribution is 0.354. The van der Waals surface area contributed by atoms with Gasteiger partial charge in [0, 0.05) is 25.7 Å². The predicted molar refractivity (Wildman–Crippen MR) is 87.5 cm³/mol. The third-order valence-electron chi connectivity index (χ3n) is 4.72. The number of halogens is 1. The molecule has 5 nitrogen and oxygen atoms in total. The lowest BCUT2D eigenvalue weighted by Gasteiger charge is -2.35. The van der Waals surface area contributed by atoms with Crippen LogP contribution in [0, 0.1) is 11.8 Å². The minimum atomic E-state index is -0.00582. The molecule has 0 spiro atoms. The van der Waals surface area contributed by atoms with Crippen molar-refractivity contribution in [2.45, 2.75) is 45.2 Å². The molecule has 3 rings (SSSR count). The fourth-order valence-corrected chi connectivity index (χ4v) is 3.58. The van der Waals surface area contributed by atoms with E-state index >= 15 is 0 Å². The summed E-state index contributed by atoms with van der Waals surface area (Å²) < 4.78 is 2.25. The summed E-state index contributed by atoms with van der Waals surface area (Å²) in [6.07, 6.45) is 6.43. The third kappa shape index (κ3) is 3.31. The zero-order valence-corrected chi connectivity index (χ0v) is 14.1. The largest absolute Gasteiger partial charge is 0.369 e. The molecule has 0 aromatic carbocycles. The van der Waals surface area contributed by atoms with Gasteiger partial charge in [0.15, 0.2) is 0 Å². The Balaban J connectivity index is 1.74. The van der Waals surface area contributed by atoms with Crippen LogP contribution >= 0.6 is 15.9 Å². The lowest BCUT2D eigenvalue weighted by Crippen LogP contribution is -2.40. The lowest BCUT2D eigenvalue weighted by atomic mass is 9.91. The summed E-state index contributed by atoms with van der Waals surface area (Å²) in [5, 5.41) is 4.36. The Bertz CT molecular complexity index is 559. The Hall–Kier alpha value is -0.880. The summed E-state index contributed by atoms with van der Waals surface area (Å²) in [6.45, 7) is 4.72. The maximum absolute atomic E-state index is 12.4. The number of hydrogen-bond donors (Lipinski definition) is 1. The molecule has 2 aliphatic rings. The van der Waals surface area contributed by atoms with Gasteiger partial charge in [0.2, 0.25) is 0 Å². The zero-order chi connectivity index (χ0) is 15.0. The Morgan fingerprint density at radius 2 is 2.05 bits per heavy atom. The fraction of sp³-hybridized carbons (Fsp3) is 0.733. The summed E-state index contributed by atoms with van der Waals surface area (Å²) in [6, 6.07) is 0.250. The summed E-state index contributed by atoms with van der Waals surface area (Å²) in [5.41, 5.74) is 6.90.